The molecule has 5 nitrogen and oxygen atoms in total. The first kappa shape index (κ1) is 19.3. The van der Waals surface area contributed by atoms with Crippen LogP contribution in [0.15, 0.2) is 18.2 Å². The summed E-state index contributed by atoms with van der Waals surface area (Å²) in [5, 5.41) is 9.42. The first-order chi connectivity index (χ1) is 13.8. The Hall–Kier alpha value is -1.64. The Morgan fingerprint density at radius 1 is 1.03 bits per heavy atom. The van der Waals surface area contributed by atoms with Crippen LogP contribution in [0.2, 0.25) is 5.02 Å². The number of rotatable bonds is 1. The van der Waals surface area contributed by atoms with E-state index >= 15 is 0 Å². The van der Waals surface area contributed by atoms with Crippen molar-refractivity contribution < 1.29 is 22.6 Å². The molecule has 1 aromatic carbocycles. The number of hydrogen-bond acceptors (Lipinski definition) is 4. The standard InChI is InChI=1S/C20H21ClF3N3O2/c21-15-5-6-16-13(9-15)10-19(28-7-8-29-19)11-17-25-26-18(27(16)17)12-1-3-14(4-2-12)20(22,23)24/h5-6,9,12,14H,1-4,7-8,10-11H2/t12-,14-. The van der Waals surface area contributed by atoms with Crippen LogP contribution >= 0.6 is 11.6 Å². The Morgan fingerprint density at radius 3 is 2.45 bits per heavy atom. The highest BCUT2D eigenvalue weighted by Gasteiger charge is 2.45. The molecule has 1 saturated carbocycles. The third-order valence-corrected chi connectivity index (χ3v) is 6.53. The van der Waals surface area contributed by atoms with Crippen LogP contribution in [0, 0.1) is 5.92 Å². The fourth-order valence-corrected chi connectivity index (χ4v) is 5.05. The molecule has 2 fully saturated rings. The summed E-state index contributed by atoms with van der Waals surface area (Å²) in [6.45, 7) is 1.02. The van der Waals surface area contributed by atoms with Gasteiger partial charge in [0.15, 0.2) is 5.79 Å². The Balaban J connectivity index is 1.53. The van der Waals surface area contributed by atoms with Gasteiger partial charge in [-0.1, -0.05) is 11.6 Å². The zero-order valence-corrected chi connectivity index (χ0v) is 16.5. The Morgan fingerprint density at radius 2 is 1.76 bits per heavy atom. The second kappa shape index (κ2) is 6.96. The van der Waals surface area contributed by atoms with Crippen molar-refractivity contribution in [1.29, 1.82) is 0 Å². The highest BCUT2D eigenvalue weighted by Crippen LogP contribution is 2.44. The van der Waals surface area contributed by atoms with E-state index in [1.54, 1.807) is 0 Å². The molecule has 1 aliphatic carbocycles. The van der Waals surface area contributed by atoms with E-state index in [9.17, 15) is 13.2 Å². The van der Waals surface area contributed by atoms with Gasteiger partial charge in [-0.05, 0) is 49.4 Å². The normalized spacial score (nSPS) is 26.2. The largest absolute Gasteiger partial charge is 0.391 e. The van der Waals surface area contributed by atoms with E-state index in [0.717, 1.165) is 17.1 Å². The molecule has 0 radical (unpaired) electrons. The van der Waals surface area contributed by atoms with E-state index in [-0.39, 0.29) is 18.8 Å². The van der Waals surface area contributed by atoms with Gasteiger partial charge >= 0.3 is 6.18 Å². The van der Waals surface area contributed by atoms with Gasteiger partial charge in [-0.2, -0.15) is 13.2 Å². The SMILES string of the molecule is FC(F)(F)[C@H]1CC[C@H](c2nnc3n2-c2ccc(Cl)cc2CC2(C3)OCCO2)CC1. The topological polar surface area (TPSA) is 49.2 Å². The number of ether oxygens (including phenoxy) is 2. The minimum atomic E-state index is -4.13. The van der Waals surface area contributed by atoms with Gasteiger partial charge in [0.25, 0.3) is 0 Å². The number of alkyl halides is 3. The monoisotopic (exact) mass is 427 g/mol. The molecule has 0 atom stereocenters. The third kappa shape index (κ3) is 3.45. The van der Waals surface area contributed by atoms with Crippen molar-refractivity contribution in [2.45, 2.75) is 56.4 Å². The van der Waals surface area contributed by atoms with E-state index in [0.29, 0.717) is 49.7 Å². The van der Waals surface area contributed by atoms with Crippen LogP contribution in [0.4, 0.5) is 13.2 Å². The Bertz CT molecular complexity index is 916. The summed E-state index contributed by atoms with van der Waals surface area (Å²) in [7, 11) is 0. The van der Waals surface area contributed by atoms with Crippen molar-refractivity contribution in [2.75, 3.05) is 13.2 Å². The van der Waals surface area contributed by atoms with E-state index in [2.05, 4.69) is 10.2 Å². The van der Waals surface area contributed by atoms with Gasteiger partial charge in [-0.25, -0.2) is 0 Å². The Kier molecular flexibility index (Phi) is 4.64. The fourth-order valence-electron chi connectivity index (χ4n) is 4.86. The molecule has 0 N–H and O–H groups in total. The summed E-state index contributed by atoms with van der Waals surface area (Å²) in [6, 6.07) is 5.62. The predicted octanol–water partition coefficient (Wildman–Crippen LogP) is 4.60. The molecule has 3 heterocycles. The molecule has 29 heavy (non-hydrogen) atoms. The second-order valence-electron chi connectivity index (χ2n) is 8.13. The zero-order chi connectivity index (χ0) is 20.2. The molecule has 9 heteroatoms. The number of hydrogen-bond donors (Lipinski definition) is 0. The van der Waals surface area contributed by atoms with Gasteiger partial charge in [-0.15, -0.1) is 10.2 Å². The second-order valence-corrected chi connectivity index (χ2v) is 8.57. The molecular weight excluding hydrogens is 407 g/mol. The van der Waals surface area contributed by atoms with Crippen LogP contribution in [0.1, 0.15) is 48.8 Å². The van der Waals surface area contributed by atoms with Crippen molar-refractivity contribution >= 4 is 11.6 Å². The van der Waals surface area contributed by atoms with Gasteiger partial charge in [0.2, 0.25) is 0 Å². The molecule has 1 saturated heterocycles. The number of fused-ring (bicyclic) bond motifs is 3. The van der Waals surface area contributed by atoms with Crippen LogP contribution in [-0.4, -0.2) is 39.9 Å². The summed E-state index contributed by atoms with van der Waals surface area (Å²) >= 11 is 6.24. The van der Waals surface area contributed by atoms with Crippen molar-refractivity contribution in [3.63, 3.8) is 0 Å². The zero-order valence-electron chi connectivity index (χ0n) is 15.7. The summed E-state index contributed by atoms with van der Waals surface area (Å²) in [5.41, 5.74) is 1.86. The van der Waals surface area contributed by atoms with Crippen molar-refractivity contribution in [2.24, 2.45) is 5.92 Å². The molecule has 156 valence electrons. The van der Waals surface area contributed by atoms with E-state index in [4.69, 9.17) is 21.1 Å². The highest BCUT2D eigenvalue weighted by molar-refractivity contribution is 6.30. The van der Waals surface area contributed by atoms with Crippen LogP contribution in [0.3, 0.4) is 0 Å². The maximum atomic E-state index is 13.1. The number of nitrogens with zero attached hydrogens (tertiary/aromatic N) is 3. The fraction of sp³-hybridized carbons (Fsp3) is 0.600. The average Bonchev–Trinajstić information content (AvgIpc) is 3.26. The van der Waals surface area contributed by atoms with E-state index < -0.39 is 17.9 Å². The maximum absolute atomic E-state index is 13.1. The third-order valence-electron chi connectivity index (χ3n) is 6.29. The lowest BCUT2D eigenvalue weighted by Crippen LogP contribution is -2.35. The van der Waals surface area contributed by atoms with Gasteiger partial charge in [0, 0.05) is 17.4 Å². The minimum absolute atomic E-state index is 0.0576. The van der Waals surface area contributed by atoms with Gasteiger partial charge in [-0.3, -0.25) is 4.57 Å². The molecule has 3 aliphatic rings. The Labute approximate surface area is 171 Å². The molecule has 1 spiro atoms. The summed E-state index contributed by atoms with van der Waals surface area (Å²) in [5.74, 6) is -0.649. The lowest BCUT2D eigenvalue weighted by atomic mass is 9.81. The van der Waals surface area contributed by atoms with Gasteiger partial charge < -0.3 is 9.47 Å². The maximum Gasteiger partial charge on any atom is 0.391 e. The molecular formula is C20H21ClF3N3O2. The van der Waals surface area contributed by atoms with Crippen molar-refractivity contribution in [1.82, 2.24) is 14.8 Å². The number of benzene rings is 1. The quantitative estimate of drug-likeness (QED) is 0.667. The molecule has 2 aliphatic heterocycles. The molecule has 0 bridgehead atoms. The lowest BCUT2D eigenvalue weighted by Gasteiger charge is -2.29. The van der Waals surface area contributed by atoms with Crippen molar-refractivity contribution in [3.8, 4) is 5.69 Å². The van der Waals surface area contributed by atoms with E-state index in [1.165, 1.54) is 0 Å². The average molecular weight is 428 g/mol. The summed E-state index contributed by atoms with van der Waals surface area (Å²) < 4.78 is 53.1. The molecule has 2 aromatic rings. The first-order valence-electron chi connectivity index (χ1n) is 9.92. The van der Waals surface area contributed by atoms with Gasteiger partial charge in [0.1, 0.15) is 11.6 Å². The summed E-state index contributed by atoms with van der Waals surface area (Å²) in [4.78, 5) is 0. The molecule has 5 rings (SSSR count). The predicted molar refractivity (Wildman–Crippen MR) is 99.2 cm³/mol. The van der Waals surface area contributed by atoms with Crippen LogP contribution in [-0.2, 0) is 22.3 Å². The molecule has 1 aromatic heterocycles. The van der Waals surface area contributed by atoms with Crippen LogP contribution in [0.5, 0.6) is 0 Å². The highest BCUT2D eigenvalue weighted by atomic mass is 35.5. The van der Waals surface area contributed by atoms with E-state index in [1.807, 2.05) is 22.8 Å². The van der Waals surface area contributed by atoms with Crippen LogP contribution < -0.4 is 0 Å². The van der Waals surface area contributed by atoms with Crippen LogP contribution in [0.25, 0.3) is 5.69 Å². The first-order valence-corrected chi connectivity index (χ1v) is 10.3. The van der Waals surface area contributed by atoms with Gasteiger partial charge in [0.05, 0.1) is 31.2 Å². The number of halogens is 4. The lowest BCUT2D eigenvalue weighted by molar-refractivity contribution is -0.182. The molecule has 0 amide bonds. The summed E-state index contributed by atoms with van der Waals surface area (Å²) in [6.07, 6.45) is -2.01. The number of aromatic nitrogens is 3. The van der Waals surface area contributed by atoms with Crippen molar-refractivity contribution in [3.05, 3.63) is 40.4 Å². The minimum Gasteiger partial charge on any atom is -0.347 e. The smallest absolute Gasteiger partial charge is 0.347 e. The molecule has 0 unspecified atom stereocenters.